The van der Waals surface area contributed by atoms with Crippen molar-refractivity contribution < 1.29 is 14.6 Å². The van der Waals surface area contributed by atoms with Crippen LogP contribution < -0.4 is 17.0 Å². The lowest BCUT2D eigenvalue weighted by Gasteiger charge is -2.22. The number of aromatic amines is 1. The minimum atomic E-state index is -0.777. The monoisotopic (exact) mass is 380 g/mol. The molecule has 1 saturated heterocycles. The first kappa shape index (κ1) is 19.7. The van der Waals surface area contributed by atoms with E-state index in [1.54, 1.807) is 4.57 Å². The van der Waals surface area contributed by atoms with Crippen LogP contribution in [0, 0.1) is 0 Å². The van der Waals surface area contributed by atoms with Crippen molar-refractivity contribution in [2.24, 2.45) is 5.73 Å². The number of hydrogen-bond acceptors (Lipinski definition) is 8. The number of nitrogens with two attached hydrogens (primary N) is 2. The van der Waals surface area contributed by atoms with Crippen molar-refractivity contribution in [2.45, 2.75) is 63.6 Å². The second kappa shape index (κ2) is 8.79. The van der Waals surface area contributed by atoms with E-state index < -0.39 is 24.0 Å². The molecule has 0 bridgehead atoms. The van der Waals surface area contributed by atoms with Crippen molar-refractivity contribution in [3.63, 3.8) is 0 Å². The molecule has 0 amide bonds. The van der Waals surface area contributed by atoms with E-state index in [0.29, 0.717) is 25.2 Å². The van der Waals surface area contributed by atoms with E-state index in [9.17, 15) is 9.90 Å². The first-order chi connectivity index (χ1) is 13.1. The van der Waals surface area contributed by atoms with E-state index in [-0.39, 0.29) is 17.6 Å². The number of anilines is 1. The Balaban J connectivity index is 1.78. The molecule has 1 aliphatic rings. The number of aliphatic hydroxyl groups is 1. The van der Waals surface area contributed by atoms with Gasteiger partial charge in [0.2, 0.25) is 5.95 Å². The van der Waals surface area contributed by atoms with E-state index in [1.807, 2.05) is 6.92 Å². The lowest BCUT2D eigenvalue weighted by atomic mass is 10.1. The Bertz CT molecular complexity index is 806. The molecule has 2 aromatic rings. The molecule has 3 heterocycles. The van der Waals surface area contributed by atoms with E-state index in [2.05, 4.69) is 15.0 Å². The molecular weight excluding hydrogens is 352 g/mol. The van der Waals surface area contributed by atoms with Crippen molar-refractivity contribution in [1.29, 1.82) is 0 Å². The van der Waals surface area contributed by atoms with Gasteiger partial charge < -0.3 is 26.0 Å². The van der Waals surface area contributed by atoms with Gasteiger partial charge >= 0.3 is 0 Å². The van der Waals surface area contributed by atoms with Gasteiger partial charge in [-0.15, -0.1) is 0 Å². The highest BCUT2D eigenvalue weighted by molar-refractivity contribution is 5.70. The maximum atomic E-state index is 12.0. The first-order valence-corrected chi connectivity index (χ1v) is 9.44. The minimum Gasteiger partial charge on any atom is -0.388 e. The van der Waals surface area contributed by atoms with Gasteiger partial charge in [0, 0.05) is 6.61 Å². The SMILES string of the molecule is CC[C@H]1O[C@@H](n2cnc3c(=O)[nH]c(N)nc32)[C@@H](OCCCCCCN)C1O. The van der Waals surface area contributed by atoms with Crippen molar-refractivity contribution in [3.8, 4) is 0 Å². The molecule has 3 rings (SSSR count). The molecule has 10 heteroatoms. The van der Waals surface area contributed by atoms with Crippen LogP contribution in [0.15, 0.2) is 11.1 Å². The van der Waals surface area contributed by atoms with Gasteiger partial charge in [-0.25, -0.2) is 4.98 Å². The third kappa shape index (κ3) is 4.13. The van der Waals surface area contributed by atoms with E-state index in [4.69, 9.17) is 20.9 Å². The zero-order valence-electron chi connectivity index (χ0n) is 15.5. The molecule has 27 heavy (non-hydrogen) atoms. The van der Waals surface area contributed by atoms with Gasteiger partial charge in [-0.05, 0) is 25.8 Å². The average Bonchev–Trinajstić information content (AvgIpc) is 3.19. The van der Waals surface area contributed by atoms with Gasteiger partial charge in [-0.2, -0.15) is 4.98 Å². The molecule has 10 nitrogen and oxygen atoms in total. The van der Waals surface area contributed by atoms with E-state index in [0.717, 1.165) is 25.7 Å². The smallest absolute Gasteiger partial charge is 0.280 e. The van der Waals surface area contributed by atoms with Gasteiger partial charge in [0.25, 0.3) is 5.56 Å². The number of aromatic nitrogens is 4. The second-order valence-electron chi connectivity index (χ2n) is 6.78. The number of unbranched alkanes of at least 4 members (excludes halogenated alkanes) is 3. The van der Waals surface area contributed by atoms with Crippen LogP contribution in [-0.4, -0.2) is 56.1 Å². The van der Waals surface area contributed by atoms with Crippen LogP contribution in [0.1, 0.15) is 45.3 Å². The lowest BCUT2D eigenvalue weighted by Crippen LogP contribution is -2.34. The Labute approximate surface area is 156 Å². The first-order valence-electron chi connectivity index (χ1n) is 9.44. The Kier molecular flexibility index (Phi) is 6.42. The molecule has 4 atom stereocenters. The van der Waals surface area contributed by atoms with Crippen LogP contribution in [-0.2, 0) is 9.47 Å². The van der Waals surface area contributed by atoms with Gasteiger partial charge in [0.15, 0.2) is 17.4 Å². The summed E-state index contributed by atoms with van der Waals surface area (Å²) in [5, 5.41) is 10.6. The molecule has 1 fully saturated rings. The third-order valence-electron chi connectivity index (χ3n) is 4.85. The van der Waals surface area contributed by atoms with Gasteiger partial charge in [0.05, 0.1) is 12.4 Å². The number of imidazole rings is 1. The molecule has 0 radical (unpaired) electrons. The molecule has 0 aromatic carbocycles. The zero-order valence-corrected chi connectivity index (χ0v) is 15.5. The van der Waals surface area contributed by atoms with Crippen molar-refractivity contribution >= 4 is 17.1 Å². The second-order valence-corrected chi connectivity index (χ2v) is 6.78. The summed E-state index contributed by atoms with van der Waals surface area (Å²) in [6.07, 6.45) is 3.70. The van der Waals surface area contributed by atoms with E-state index in [1.165, 1.54) is 6.33 Å². The molecule has 0 aliphatic carbocycles. The van der Waals surface area contributed by atoms with Crippen LogP contribution in [0.5, 0.6) is 0 Å². The molecular formula is C17H28N6O4. The Hall–Kier alpha value is -2.01. The Morgan fingerprint density at radius 3 is 2.89 bits per heavy atom. The maximum absolute atomic E-state index is 12.0. The predicted molar refractivity (Wildman–Crippen MR) is 100 cm³/mol. The maximum Gasteiger partial charge on any atom is 0.280 e. The predicted octanol–water partition coefficient (Wildman–Crippen LogP) is 0.274. The fourth-order valence-electron chi connectivity index (χ4n) is 3.41. The average molecular weight is 380 g/mol. The quantitative estimate of drug-likeness (QED) is 0.452. The zero-order chi connectivity index (χ0) is 19.4. The highest BCUT2D eigenvalue weighted by atomic mass is 16.6. The van der Waals surface area contributed by atoms with Crippen molar-refractivity contribution in [3.05, 3.63) is 16.7 Å². The van der Waals surface area contributed by atoms with Gasteiger partial charge in [-0.3, -0.25) is 14.3 Å². The number of nitrogen functional groups attached to an aromatic ring is 1. The summed E-state index contributed by atoms with van der Waals surface area (Å²) in [5.41, 5.74) is 11.2. The van der Waals surface area contributed by atoms with Crippen molar-refractivity contribution in [2.75, 3.05) is 18.9 Å². The lowest BCUT2D eigenvalue weighted by molar-refractivity contribution is -0.0677. The Morgan fingerprint density at radius 2 is 2.15 bits per heavy atom. The Morgan fingerprint density at radius 1 is 1.37 bits per heavy atom. The number of H-pyrrole nitrogens is 1. The summed E-state index contributed by atoms with van der Waals surface area (Å²) >= 11 is 0. The molecule has 0 saturated carbocycles. The third-order valence-corrected chi connectivity index (χ3v) is 4.85. The summed E-state index contributed by atoms with van der Waals surface area (Å²) in [6.45, 7) is 3.14. The highest BCUT2D eigenvalue weighted by Gasteiger charge is 2.45. The van der Waals surface area contributed by atoms with Crippen molar-refractivity contribution in [1.82, 2.24) is 19.5 Å². The van der Waals surface area contributed by atoms with Gasteiger partial charge in [-0.1, -0.05) is 19.8 Å². The number of nitrogens with one attached hydrogen (secondary N) is 1. The van der Waals surface area contributed by atoms with Gasteiger partial charge in [0.1, 0.15) is 12.2 Å². The number of fused-ring (bicyclic) bond motifs is 1. The molecule has 6 N–H and O–H groups in total. The molecule has 0 spiro atoms. The summed E-state index contributed by atoms with van der Waals surface area (Å²) in [6, 6.07) is 0. The number of ether oxygens (including phenoxy) is 2. The summed E-state index contributed by atoms with van der Waals surface area (Å²) in [4.78, 5) is 22.7. The molecule has 2 aromatic heterocycles. The van der Waals surface area contributed by atoms with E-state index >= 15 is 0 Å². The topological polar surface area (TPSA) is 154 Å². The van der Waals surface area contributed by atoms with Crippen LogP contribution in [0.4, 0.5) is 5.95 Å². The summed E-state index contributed by atoms with van der Waals surface area (Å²) < 4.78 is 13.6. The van der Waals surface area contributed by atoms with Crippen LogP contribution in [0.2, 0.25) is 0 Å². The van der Waals surface area contributed by atoms with Crippen LogP contribution in [0.25, 0.3) is 11.2 Å². The fraction of sp³-hybridized carbons (Fsp3) is 0.706. The molecule has 1 aliphatic heterocycles. The number of nitrogens with zero attached hydrogens (tertiary/aromatic N) is 3. The normalized spacial score (nSPS) is 25.4. The molecule has 150 valence electrons. The minimum absolute atomic E-state index is 0.00258. The number of aliphatic hydroxyl groups excluding tert-OH is 1. The standard InChI is InChI=1S/C17H28N6O4/c1-2-10-12(24)13(26-8-6-4-3-5-7-18)16(27-10)23-9-20-11-14(23)21-17(19)22-15(11)25/h9-10,12-13,16,24H,2-8,18H2,1H3,(H3,19,21,22,25)/t10-,12?,13+,16-/m1/s1. The number of hydrogen-bond donors (Lipinski definition) is 4. The number of rotatable bonds is 9. The molecule has 1 unspecified atom stereocenters. The highest BCUT2D eigenvalue weighted by Crippen LogP contribution is 2.34. The van der Waals surface area contributed by atoms with Crippen LogP contribution >= 0.6 is 0 Å². The fourth-order valence-corrected chi connectivity index (χ4v) is 3.41. The summed E-state index contributed by atoms with van der Waals surface area (Å²) in [7, 11) is 0. The summed E-state index contributed by atoms with van der Waals surface area (Å²) in [5.74, 6) is -0.00258. The van der Waals surface area contributed by atoms with Crippen LogP contribution in [0.3, 0.4) is 0 Å². The largest absolute Gasteiger partial charge is 0.388 e.